The molecule has 0 saturated carbocycles. The molecule has 6 aliphatic heterocycles. The van der Waals surface area contributed by atoms with Gasteiger partial charge in [-0.15, -0.1) is 22.7 Å². The van der Waals surface area contributed by atoms with Gasteiger partial charge in [-0.25, -0.2) is 0 Å². The fourth-order valence-electron chi connectivity index (χ4n) is 4.39. The number of hydrogen-bond acceptors (Lipinski definition) is 0. The van der Waals surface area contributed by atoms with Crippen LogP contribution in [0.1, 0.15) is 0 Å². The summed E-state index contributed by atoms with van der Waals surface area (Å²) < 4.78 is 0. The second-order valence-corrected chi connectivity index (χ2v) is 8.86. The van der Waals surface area contributed by atoms with Crippen molar-refractivity contribution in [3.05, 3.63) is 186 Å². The van der Waals surface area contributed by atoms with Crippen molar-refractivity contribution in [1.82, 2.24) is 0 Å². The Morgan fingerprint density at radius 1 is 0.333 bits per heavy atom. The van der Waals surface area contributed by atoms with Crippen LogP contribution in [0.5, 0.6) is 0 Å². The van der Waals surface area contributed by atoms with Crippen molar-refractivity contribution in [3.8, 4) is 0 Å². The van der Waals surface area contributed by atoms with Crippen molar-refractivity contribution >= 4 is 47.1 Å². The van der Waals surface area contributed by atoms with Crippen molar-refractivity contribution in [1.29, 1.82) is 0 Å². The molecule has 0 atom stereocenters. The molecule has 6 aliphatic rings. The summed E-state index contributed by atoms with van der Waals surface area (Å²) in [5.74, 6) is 0. The first-order chi connectivity index (χ1) is 19.9. The molecular weight excluding hydrogens is 629 g/mol. The van der Waals surface area contributed by atoms with Gasteiger partial charge >= 0.3 is 19.5 Å². The van der Waals surface area contributed by atoms with E-state index in [1.807, 2.05) is 60.8 Å². The predicted octanol–water partition coefficient (Wildman–Crippen LogP) is 4.74. The van der Waals surface area contributed by atoms with Crippen LogP contribution in [0.4, 0.5) is 22.7 Å². The Morgan fingerprint density at radius 3 is 0.881 bits per heavy atom. The summed E-state index contributed by atoms with van der Waals surface area (Å²) >= 11 is 0. The van der Waals surface area contributed by atoms with Gasteiger partial charge in [0.1, 0.15) is 0 Å². The van der Waals surface area contributed by atoms with Crippen molar-refractivity contribution in [3.63, 3.8) is 0 Å². The van der Waals surface area contributed by atoms with Gasteiger partial charge in [-0.2, -0.15) is 48.6 Å². The largest absolute Gasteiger partial charge is 8.00 e. The van der Waals surface area contributed by atoms with Crippen LogP contribution in [0.25, 0.3) is 56.2 Å². The van der Waals surface area contributed by atoms with Gasteiger partial charge in [-0.1, -0.05) is 109 Å². The van der Waals surface area contributed by atoms with Crippen LogP contribution < -0.4 is 33.3 Å². The van der Waals surface area contributed by atoms with E-state index in [4.69, 9.17) is 0 Å². The molecule has 0 aliphatic carbocycles. The van der Waals surface area contributed by atoms with Gasteiger partial charge in [0, 0.05) is 0 Å². The first kappa shape index (κ1) is 30.3. The third kappa shape index (κ3) is 6.95. The summed E-state index contributed by atoms with van der Waals surface area (Å²) in [6, 6.07) is 8.30. The van der Waals surface area contributed by atoms with Gasteiger partial charge < -0.3 is 44.3 Å². The monoisotopic (exact) mass is 653 g/mol. The predicted molar refractivity (Wildman–Crippen MR) is 168 cm³/mol. The number of halogens is 1. The van der Waals surface area contributed by atoms with Gasteiger partial charge in [0.2, 0.25) is 0 Å². The van der Waals surface area contributed by atoms with Crippen LogP contribution in [0.3, 0.4) is 0 Å². The minimum atomic E-state index is 0. The summed E-state index contributed by atoms with van der Waals surface area (Å²) in [5, 5.41) is 30.3. The van der Waals surface area contributed by atoms with E-state index in [1.54, 1.807) is 37.2 Å². The van der Waals surface area contributed by atoms with Crippen molar-refractivity contribution in [2.45, 2.75) is 0 Å². The molecule has 204 valence electrons. The van der Waals surface area contributed by atoms with Crippen LogP contribution in [-0.4, -0.2) is 0 Å². The Balaban J connectivity index is 0.000000142. The second kappa shape index (κ2) is 14.8. The average Bonchev–Trinajstić information content (AvgIpc) is 3.06. The van der Waals surface area contributed by atoms with E-state index in [0.717, 1.165) is 55.0 Å². The third-order valence-electron chi connectivity index (χ3n) is 6.28. The molecule has 8 rings (SSSR count). The summed E-state index contributed by atoms with van der Waals surface area (Å²) in [5.41, 5.74) is 5.74. The molecule has 6 nitrogen and oxygen atoms in total. The smallest absolute Gasteiger partial charge is 1.00 e. The quantitative estimate of drug-likeness (QED) is 0.369. The van der Waals surface area contributed by atoms with Gasteiger partial charge in [0.25, 0.3) is 0 Å². The SMILES string of the molecule is C1=C[N-]C(=C2C=CC=C[N-]2)C=C1.C1=C[N-]c2c3c(ccc2=C1)=CC=C[N-]3.C1=C[N-]c2c3c(ccc2=C1)=CC=C[N-]3.[Cl-].[Ru+8]. The van der Waals surface area contributed by atoms with E-state index in [1.165, 1.54) is 0 Å². The van der Waals surface area contributed by atoms with Crippen molar-refractivity contribution < 1.29 is 31.9 Å². The number of nitrogens with zero attached hydrogens (tertiary/aromatic N) is 6. The number of fused-ring (bicyclic) bond motifs is 6. The first-order valence-electron chi connectivity index (χ1n) is 12.9. The minimum absolute atomic E-state index is 0. The number of hydrogen-bond donors (Lipinski definition) is 0. The topological polar surface area (TPSA) is 84.6 Å². The summed E-state index contributed by atoms with van der Waals surface area (Å²) in [6.07, 6.45) is 38.3. The maximum Gasteiger partial charge on any atom is 8.00 e. The summed E-state index contributed by atoms with van der Waals surface area (Å²) in [6.45, 7) is 0. The van der Waals surface area contributed by atoms with Crippen LogP contribution >= 0.6 is 0 Å². The van der Waals surface area contributed by atoms with E-state index < -0.39 is 0 Å². The average molecular weight is 653 g/mol. The van der Waals surface area contributed by atoms with Crippen LogP contribution in [-0.2, 0) is 19.5 Å². The van der Waals surface area contributed by atoms with Crippen LogP contribution in [0, 0.1) is 0 Å². The zero-order valence-corrected chi connectivity index (χ0v) is 24.8. The first-order valence-corrected chi connectivity index (χ1v) is 12.9. The number of rotatable bonds is 0. The molecule has 8 heteroatoms. The molecule has 0 unspecified atom stereocenters. The number of benzene rings is 2. The van der Waals surface area contributed by atoms with Crippen molar-refractivity contribution in [2.75, 3.05) is 0 Å². The number of allylic oxidation sites excluding steroid dienone is 10. The molecule has 42 heavy (non-hydrogen) atoms. The molecule has 0 fully saturated rings. The summed E-state index contributed by atoms with van der Waals surface area (Å²) in [7, 11) is 0. The van der Waals surface area contributed by atoms with Crippen molar-refractivity contribution in [2.24, 2.45) is 0 Å². The molecule has 0 spiro atoms. The van der Waals surface area contributed by atoms with E-state index in [0.29, 0.717) is 0 Å². The molecule has 2 aromatic rings. The molecule has 0 saturated heterocycles. The summed E-state index contributed by atoms with van der Waals surface area (Å²) in [4.78, 5) is 0. The molecule has 0 bridgehead atoms. The van der Waals surface area contributed by atoms with Crippen LogP contribution in [0.15, 0.2) is 134 Å². The fraction of sp³-hybridized carbons (Fsp3) is 0. The van der Waals surface area contributed by atoms with Gasteiger partial charge in [-0.05, 0) is 20.9 Å². The molecule has 6 heterocycles. The maximum atomic E-state index is 4.35. The van der Waals surface area contributed by atoms with E-state index in [-0.39, 0.29) is 31.9 Å². The van der Waals surface area contributed by atoms with Gasteiger partial charge in [0.15, 0.2) is 0 Å². The molecule has 2 aromatic carbocycles. The molecule has 0 radical (unpaired) electrons. The van der Waals surface area contributed by atoms with E-state index in [9.17, 15) is 0 Å². The second-order valence-electron chi connectivity index (χ2n) is 8.86. The third-order valence-corrected chi connectivity index (χ3v) is 6.28. The maximum absolute atomic E-state index is 4.35. The zero-order chi connectivity index (χ0) is 27.0. The normalized spacial score (nSPS) is 17.5. The Bertz CT molecular complexity index is 1620. The zero-order valence-electron chi connectivity index (χ0n) is 22.3. The minimum Gasteiger partial charge on any atom is -1.00 e. The van der Waals surface area contributed by atoms with Gasteiger partial charge in [-0.3, -0.25) is 0 Å². The molecule has 0 N–H and O–H groups in total. The van der Waals surface area contributed by atoms with E-state index >= 15 is 0 Å². The Morgan fingerprint density at radius 2 is 0.619 bits per heavy atom. The standard InChI is InChI=1S/2C12H8N2.C10H8N2.ClH.Ru/c2*1-3-9-5-6-10-4-2-8-14-12(10)11(9)13-7-1;1-3-7-11-9(5-1)10-6-2-4-8-12-10;;/h2*1-8H;1-8H;1H;/q3*-2;;+8/p-1. The van der Waals surface area contributed by atoms with Crippen LogP contribution in [0.2, 0.25) is 0 Å². The van der Waals surface area contributed by atoms with Gasteiger partial charge in [0.05, 0.1) is 0 Å². The molecule has 0 aromatic heterocycles. The van der Waals surface area contributed by atoms with E-state index in [2.05, 4.69) is 80.5 Å². The Labute approximate surface area is 264 Å². The molecule has 0 amide bonds. The molecular formula is C34H24ClN6Ru+. The fourth-order valence-corrected chi connectivity index (χ4v) is 4.39. The Hall–Kier alpha value is -4.71. The Kier molecular flexibility index (Phi) is 10.7.